The topological polar surface area (TPSA) is 117 Å². The zero-order chi connectivity index (χ0) is 34.2. The number of halogens is 4. The Balaban J connectivity index is 1.17. The van der Waals surface area contributed by atoms with Crippen LogP contribution in [0.15, 0.2) is 40.9 Å². The number of benzene rings is 2. The fraction of sp³-hybridized carbons (Fsp3) is 0.559. The van der Waals surface area contributed by atoms with Gasteiger partial charge in [0.15, 0.2) is 6.10 Å². The monoisotopic (exact) mass is 735 g/mol. The molecule has 6 rings (SSSR count). The SMILES string of the molecule is CN1CCC(C2CCN(C(=O)[C@@H](Cc3cc(Br)c(N)c(C(F)(F)F)c3)OC(=O)N3CCC4(CC3)OC(=O)Nc3ccccc34)CC2)CC1. The third kappa shape index (κ3) is 7.24. The molecule has 2 aromatic carbocycles. The summed E-state index contributed by atoms with van der Waals surface area (Å²) in [6.45, 7) is 3.48. The molecule has 0 aliphatic carbocycles. The van der Waals surface area contributed by atoms with E-state index in [1.807, 2.05) is 18.2 Å². The first-order valence-corrected chi connectivity index (χ1v) is 17.3. The van der Waals surface area contributed by atoms with Crippen LogP contribution in [-0.4, -0.2) is 85.2 Å². The number of fused-ring (bicyclic) bond motifs is 2. The van der Waals surface area contributed by atoms with Crippen LogP contribution in [0.25, 0.3) is 0 Å². The average Bonchev–Trinajstić information content (AvgIpc) is 3.06. The highest BCUT2D eigenvalue weighted by atomic mass is 79.9. The van der Waals surface area contributed by atoms with E-state index < -0.39 is 47.2 Å². The Labute approximate surface area is 286 Å². The summed E-state index contributed by atoms with van der Waals surface area (Å²) >= 11 is 3.13. The second-order valence-electron chi connectivity index (χ2n) is 13.5. The molecule has 10 nitrogen and oxygen atoms in total. The van der Waals surface area contributed by atoms with Gasteiger partial charge in [-0.25, -0.2) is 9.59 Å². The van der Waals surface area contributed by atoms with E-state index in [2.05, 4.69) is 33.2 Å². The summed E-state index contributed by atoms with van der Waals surface area (Å²) in [7, 11) is 2.12. The lowest BCUT2D eigenvalue weighted by atomic mass is 9.79. The van der Waals surface area contributed by atoms with Crippen LogP contribution >= 0.6 is 15.9 Å². The molecule has 3 fully saturated rings. The lowest BCUT2D eigenvalue weighted by Crippen LogP contribution is -2.52. The Morgan fingerprint density at radius 1 is 1.02 bits per heavy atom. The van der Waals surface area contributed by atoms with E-state index in [0.29, 0.717) is 43.5 Å². The maximum absolute atomic E-state index is 14.0. The van der Waals surface area contributed by atoms with E-state index >= 15 is 0 Å². The number of hydrogen-bond donors (Lipinski definition) is 2. The Morgan fingerprint density at radius 2 is 1.65 bits per heavy atom. The summed E-state index contributed by atoms with van der Waals surface area (Å²) in [6.07, 6.45) is -3.09. The fourth-order valence-corrected chi connectivity index (χ4v) is 8.20. The molecule has 1 atom stereocenters. The average molecular weight is 737 g/mol. The smallest absolute Gasteiger partial charge is 0.418 e. The Bertz CT molecular complexity index is 1530. The number of anilines is 2. The van der Waals surface area contributed by atoms with Crippen molar-refractivity contribution >= 4 is 45.4 Å². The molecule has 0 unspecified atom stereocenters. The lowest BCUT2D eigenvalue weighted by molar-refractivity contribution is -0.143. The molecule has 0 saturated carbocycles. The number of para-hydroxylation sites is 1. The summed E-state index contributed by atoms with van der Waals surface area (Å²) in [4.78, 5) is 45.4. The number of carbonyl (C=O) groups is 3. The van der Waals surface area contributed by atoms with Crippen LogP contribution in [0, 0.1) is 11.8 Å². The van der Waals surface area contributed by atoms with E-state index in [0.717, 1.165) is 50.4 Å². The fourth-order valence-electron chi connectivity index (χ4n) is 7.69. The van der Waals surface area contributed by atoms with Crippen molar-refractivity contribution in [3.63, 3.8) is 0 Å². The molecule has 3 amide bonds. The van der Waals surface area contributed by atoms with E-state index in [1.165, 1.54) is 11.0 Å². The van der Waals surface area contributed by atoms with Crippen molar-refractivity contribution in [2.45, 2.75) is 62.8 Å². The van der Waals surface area contributed by atoms with Crippen molar-refractivity contribution in [1.29, 1.82) is 0 Å². The highest BCUT2D eigenvalue weighted by Gasteiger charge is 2.46. The van der Waals surface area contributed by atoms with E-state index in [9.17, 15) is 27.6 Å². The minimum absolute atomic E-state index is 0.0434. The summed E-state index contributed by atoms with van der Waals surface area (Å²) in [5.74, 6) is 0.677. The van der Waals surface area contributed by atoms with Crippen molar-refractivity contribution < 1.29 is 37.0 Å². The molecule has 48 heavy (non-hydrogen) atoms. The molecule has 0 bridgehead atoms. The van der Waals surface area contributed by atoms with Crippen LogP contribution in [0.2, 0.25) is 0 Å². The van der Waals surface area contributed by atoms with Crippen LogP contribution in [0.4, 0.5) is 34.1 Å². The number of piperidine rings is 3. The van der Waals surface area contributed by atoms with Gasteiger partial charge in [0, 0.05) is 55.5 Å². The number of nitrogens with zero attached hydrogens (tertiary/aromatic N) is 3. The van der Waals surface area contributed by atoms with Crippen LogP contribution in [0.5, 0.6) is 0 Å². The van der Waals surface area contributed by atoms with Crippen LogP contribution in [0.1, 0.15) is 55.2 Å². The maximum atomic E-state index is 14.0. The second-order valence-corrected chi connectivity index (χ2v) is 14.3. The number of alkyl halides is 3. The Kier molecular flexibility index (Phi) is 9.85. The van der Waals surface area contributed by atoms with Crippen molar-refractivity contribution in [3.05, 3.63) is 57.6 Å². The number of ether oxygens (including phenoxy) is 2. The first-order chi connectivity index (χ1) is 22.8. The summed E-state index contributed by atoms with van der Waals surface area (Å²) in [5, 5.41) is 2.71. The number of amides is 3. The number of hydrogen-bond acceptors (Lipinski definition) is 7. The number of nitrogens with two attached hydrogens (primary N) is 1. The molecule has 4 heterocycles. The molecule has 4 aliphatic heterocycles. The van der Waals surface area contributed by atoms with Gasteiger partial charge in [-0.15, -0.1) is 0 Å². The number of nitrogens with one attached hydrogen (secondary N) is 1. The lowest BCUT2D eigenvalue weighted by Gasteiger charge is -2.44. The molecule has 4 aliphatic rings. The first kappa shape index (κ1) is 34.3. The molecule has 0 radical (unpaired) electrons. The number of carbonyl (C=O) groups excluding carboxylic acids is 3. The minimum atomic E-state index is -4.71. The van der Waals surface area contributed by atoms with Crippen molar-refractivity contribution in [1.82, 2.24) is 14.7 Å². The van der Waals surface area contributed by atoms with Gasteiger partial charge in [0.1, 0.15) is 5.60 Å². The predicted molar refractivity (Wildman–Crippen MR) is 176 cm³/mol. The van der Waals surface area contributed by atoms with E-state index in [1.54, 1.807) is 11.0 Å². The van der Waals surface area contributed by atoms with Gasteiger partial charge >= 0.3 is 18.4 Å². The normalized spacial score (nSPS) is 21.3. The van der Waals surface area contributed by atoms with E-state index in [4.69, 9.17) is 15.2 Å². The van der Waals surface area contributed by atoms with Crippen LogP contribution in [-0.2, 0) is 32.5 Å². The van der Waals surface area contributed by atoms with Gasteiger partial charge in [-0.05, 0) is 97.3 Å². The van der Waals surface area contributed by atoms with Gasteiger partial charge in [0.05, 0.1) is 16.9 Å². The maximum Gasteiger partial charge on any atom is 0.418 e. The van der Waals surface area contributed by atoms with Gasteiger partial charge in [-0.1, -0.05) is 18.2 Å². The number of nitrogen functional groups attached to an aromatic ring is 1. The molecular weight excluding hydrogens is 695 g/mol. The number of rotatable bonds is 5. The van der Waals surface area contributed by atoms with Gasteiger partial charge < -0.3 is 29.9 Å². The van der Waals surface area contributed by atoms with Crippen molar-refractivity contribution in [2.24, 2.45) is 11.8 Å². The standard InChI is InChI=1S/C34H41BrF3N5O5/c1-41-12-6-22(7-13-41)23-8-14-42(15-9-23)30(44)28(20-21-18-25(34(36,37)38)29(39)26(35)19-21)47-32(46)43-16-10-33(11-17-43)24-4-2-3-5-27(24)40-31(45)48-33/h2-5,18-19,22-23,28H,6-17,20,39H2,1H3,(H,40,45)/t28-/m1/s1. The molecule has 3 N–H and O–H groups in total. The van der Waals surface area contributed by atoms with Crippen molar-refractivity contribution in [2.75, 3.05) is 57.4 Å². The van der Waals surface area contributed by atoms with Gasteiger partial charge in [0.2, 0.25) is 0 Å². The van der Waals surface area contributed by atoms with E-state index in [-0.39, 0.29) is 29.5 Å². The van der Waals surface area contributed by atoms with Gasteiger partial charge in [0.25, 0.3) is 5.91 Å². The highest BCUT2D eigenvalue weighted by molar-refractivity contribution is 9.10. The van der Waals surface area contributed by atoms with Crippen molar-refractivity contribution in [3.8, 4) is 0 Å². The zero-order valence-corrected chi connectivity index (χ0v) is 28.4. The molecule has 260 valence electrons. The molecule has 2 aromatic rings. The number of likely N-dealkylation sites (tertiary alicyclic amines) is 3. The molecule has 0 aromatic heterocycles. The Morgan fingerprint density at radius 3 is 2.29 bits per heavy atom. The molecule has 1 spiro atoms. The van der Waals surface area contributed by atoms with Gasteiger partial charge in [-0.2, -0.15) is 13.2 Å². The van der Waals surface area contributed by atoms with Crippen LogP contribution < -0.4 is 11.1 Å². The predicted octanol–water partition coefficient (Wildman–Crippen LogP) is 6.23. The molecule has 3 saturated heterocycles. The second kappa shape index (κ2) is 13.8. The molecule has 14 heteroatoms. The summed E-state index contributed by atoms with van der Waals surface area (Å²) in [5.41, 5.74) is 4.98. The zero-order valence-electron chi connectivity index (χ0n) is 26.9. The largest absolute Gasteiger partial charge is 0.438 e. The third-order valence-corrected chi connectivity index (χ3v) is 11.1. The first-order valence-electron chi connectivity index (χ1n) is 16.5. The van der Waals surface area contributed by atoms with Gasteiger partial charge in [-0.3, -0.25) is 10.1 Å². The minimum Gasteiger partial charge on any atom is -0.438 e. The Hall–Kier alpha value is -3.52. The summed E-state index contributed by atoms with van der Waals surface area (Å²) in [6, 6.07) is 9.69. The van der Waals surface area contributed by atoms with Crippen LogP contribution in [0.3, 0.4) is 0 Å². The molecular formula is C34H41BrF3N5O5. The third-order valence-electron chi connectivity index (χ3n) is 10.5. The highest BCUT2D eigenvalue weighted by Crippen LogP contribution is 2.44. The summed E-state index contributed by atoms with van der Waals surface area (Å²) < 4.78 is 53.1. The quantitative estimate of drug-likeness (QED) is 0.350.